The lowest BCUT2D eigenvalue weighted by Gasteiger charge is -2.07. The summed E-state index contributed by atoms with van der Waals surface area (Å²) < 4.78 is 1.63. The Morgan fingerprint density at radius 2 is 2.44 bits per heavy atom. The van der Waals surface area contributed by atoms with Gasteiger partial charge in [0, 0.05) is 13.1 Å². The summed E-state index contributed by atoms with van der Waals surface area (Å²) in [4.78, 5) is 11.9. The van der Waals surface area contributed by atoms with E-state index in [1.54, 1.807) is 4.68 Å². The number of aryl methyl sites for hydroxylation is 1. The Morgan fingerprint density at radius 1 is 1.75 bits per heavy atom. The molecule has 1 aromatic rings. The highest BCUT2D eigenvalue weighted by molar-refractivity contribution is 5.97. The molecule has 2 atom stereocenters. The highest BCUT2D eigenvalue weighted by Gasteiger charge is 2.32. The molecule has 0 radical (unpaired) electrons. The van der Waals surface area contributed by atoms with Crippen molar-refractivity contribution < 1.29 is 4.79 Å². The zero-order chi connectivity index (χ0) is 11.7. The highest BCUT2D eigenvalue weighted by atomic mass is 16.2. The normalized spacial score (nSPS) is 23.1. The summed E-state index contributed by atoms with van der Waals surface area (Å²) >= 11 is 0. The van der Waals surface area contributed by atoms with Crippen molar-refractivity contribution in [1.29, 1.82) is 0 Å². The molecule has 0 bridgehead atoms. The third-order valence-electron chi connectivity index (χ3n) is 3.18. The average molecular weight is 222 g/mol. The zero-order valence-corrected chi connectivity index (χ0v) is 9.73. The van der Waals surface area contributed by atoms with E-state index in [0.717, 1.165) is 12.5 Å². The van der Waals surface area contributed by atoms with Gasteiger partial charge < -0.3 is 11.1 Å². The van der Waals surface area contributed by atoms with E-state index in [4.69, 9.17) is 5.73 Å². The van der Waals surface area contributed by atoms with Gasteiger partial charge in [-0.1, -0.05) is 6.92 Å². The SMILES string of the molecule is CCn1ncc(N)c1C(=O)NCC1CC1C. The molecule has 0 saturated heterocycles. The second-order valence-corrected chi connectivity index (χ2v) is 4.45. The molecule has 5 nitrogen and oxygen atoms in total. The van der Waals surface area contributed by atoms with Crippen LogP contribution in [0.25, 0.3) is 0 Å². The molecule has 1 fully saturated rings. The highest BCUT2D eigenvalue weighted by Crippen LogP contribution is 2.36. The minimum absolute atomic E-state index is 0.115. The lowest BCUT2D eigenvalue weighted by molar-refractivity contribution is 0.0941. The Bertz CT molecular complexity index is 399. The molecular formula is C11H18N4O. The molecule has 2 unspecified atom stereocenters. The number of carbonyl (C=O) groups excluding carboxylic acids is 1. The molecule has 1 heterocycles. The van der Waals surface area contributed by atoms with Crippen molar-refractivity contribution in [1.82, 2.24) is 15.1 Å². The number of hydrogen-bond acceptors (Lipinski definition) is 3. The van der Waals surface area contributed by atoms with E-state index in [1.807, 2.05) is 6.92 Å². The maximum absolute atomic E-state index is 11.9. The van der Waals surface area contributed by atoms with Gasteiger partial charge >= 0.3 is 0 Å². The van der Waals surface area contributed by atoms with Crippen LogP contribution < -0.4 is 11.1 Å². The van der Waals surface area contributed by atoms with E-state index in [0.29, 0.717) is 23.8 Å². The Kier molecular flexibility index (Phi) is 2.85. The number of nitrogens with two attached hydrogens (primary N) is 1. The fourth-order valence-corrected chi connectivity index (χ4v) is 1.88. The van der Waals surface area contributed by atoms with Crippen molar-refractivity contribution in [2.75, 3.05) is 12.3 Å². The molecule has 0 aromatic carbocycles. The fraction of sp³-hybridized carbons (Fsp3) is 0.636. The van der Waals surface area contributed by atoms with Crippen molar-refractivity contribution in [3.63, 3.8) is 0 Å². The van der Waals surface area contributed by atoms with Gasteiger partial charge in [-0.3, -0.25) is 9.48 Å². The monoisotopic (exact) mass is 222 g/mol. The van der Waals surface area contributed by atoms with Crippen LogP contribution in [0.2, 0.25) is 0 Å². The smallest absolute Gasteiger partial charge is 0.271 e. The molecule has 1 aromatic heterocycles. The second kappa shape index (κ2) is 4.15. The molecule has 1 amide bonds. The number of hydrogen-bond donors (Lipinski definition) is 2. The van der Waals surface area contributed by atoms with Crippen LogP contribution in [0.3, 0.4) is 0 Å². The van der Waals surface area contributed by atoms with Crippen LogP contribution in [0.5, 0.6) is 0 Å². The molecule has 0 spiro atoms. The Balaban J connectivity index is 1.99. The number of nitrogens with one attached hydrogen (secondary N) is 1. The number of rotatable bonds is 4. The van der Waals surface area contributed by atoms with Crippen LogP contribution in [0.15, 0.2) is 6.20 Å². The van der Waals surface area contributed by atoms with Crippen molar-refractivity contribution in [3.8, 4) is 0 Å². The van der Waals surface area contributed by atoms with Gasteiger partial charge in [-0.05, 0) is 25.2 Å². The van der Waals surface area contributed by atoms with Crippen molar-refractivity contribution >= 4 is 11.6 Å². The number of aromatic nitrogens is 2. The average Bonchev–Trinajstić information content (AvgIpc) is 2.83. The van der Waals surface area contributed by atoms with E-state index < -0.39 is 0 Å². The van der Waals surface area contributed by atoms with Crippen LogP contribution in [-0.2, 0) is 6.54 Å². The van der Waals surface area contributed by atoms with E-state index in [2.05, 4.69) is 17.3 Å². The standard InChI is InChI=1S/C11H18N4O/c1-3-15-10(9(12)6-14-15)11(16)13-5-8-4-7(8)2/h6-8H,3-5,12H2,1-2H3,(H,13,16). The van der Waals surface area contributed by atoms with E-state index in [1.165, 1.54) is 12.6 Å². The number of amides is 1. The van der Waals surface area contributed by atoms with Crippen LogP contribution in [-0.4, -0.2) is 22.2 Å². The number of nitrogens with zero attached hydrogens (tertiary/aromatic N) is 2. The lowest BCUT2D eigenvalue weighted by Crippen LogP contribution is -2.29. The van der Waals surface area contributed by atoms with Gasteiger partial charge in [0.25, 0.3) is 5.91 Å². The first kappa shape index (κ1) is 11.0. The van der Waals surface area contributed by atoms with E-state index >= 15 is 0 Å². The van der Waals surface area contributed by atoms with Crippen LogP contribution >= 0.6 is 0 Å². The maximum atomic E-state index is 11.9. The predicted molar refractivity (Wildman–Crippen MR) is 61.9 cm³/mol. The second-order valence-electron chi connectivity index (χ2n) is 4.45. The lowest BCUT2D eigenvalue weighted by atomic mass is 10.3. The molecule has 3 N–H and O–H groups in total. The van der Waals surface area contributed by atoms with Gasteiger partial charge in [0.1, 0.15) is 5.69 Å². The maximum Gasteiger partial charge on any atom is 0.271 e. The molecule has 1 saturated carbocycles. The summed E-state index contributed by atoms with van der Waals surface area (Å²) in [5.74, 6) is 1.27. The third kappa shape index (κ3) is 2.03. The molecule has 1 aliphatic carbocycles. The summed E-state index contributed by atoms with van der Waals surface area (Å²) in [7, 11) is 0. The Morgan fingerprint density at radius 3 is 3.00 bits per heavy atom. The molecule has 5 heteroatoms. The summed E-state index contributed by atoms with van der Waals surface area (Å²) in [6.45, 7) is 5.53. The van der Waals surface area contributed by atoms with Gasteiger partial charge in [-0.25, -0.2) is 0 Å². The Labute approximate surface area is 95.0 Å². The van der Waals surface area contributed by atoms with Gasteiger partial charge in [-0.15, -0.1) is 0 Å². The number of anilines is 1. The van der Waals surface area contributed by atoms with Gasteiger partial charge in [0.2, 0.25) is 0 Å². The fourth-order valence-electron chi connectivity index (χ4n) is 1.88. The van der Waals surface area contributed by atoms with Crippen molar-refractivity contribution in [2.45, 2.75) is 26.8 Å². The van der Waals surface area contributed by atoms with Crippen LogP contribution in [0.1, 0.15) is 30.8 Å². The summed E-state index contributed by atoms with van der Waals surface area (Å²) in [5.41, 5.74) is 6.65. The molecule has 88 valence electrons. The first-order valence-corrected chi connectivity index (χ1v) is 5.73. The molecular weight excluding hydrogens is 204 g/mol. The van der Waals surface area contributed by atoms with Crippen LogP contribution in [0.4, 0.5) is 5.69 Å². The molecule has 2 rings (SSSR count). The van der Waals surface area contributed by atoms with Gasteiger partial charge in [0.05, 0.1) is 11.9 Å². The van der Waals surface area contributed by atoms with Gasteiger partial charge in [0.15, 0.2) is 0 Å². The quantitative estimate of drug-likeness (QED) is 0.794. The minimum atomic E-state index is -0.115. The summed E-state index contributed by atoms with van der Waals surface area (Å²) in [6.07, 6.45) is 2.74. The number of nitrogen functional groups attached to an aromatic ring is 1. The topological polar surface area (TPSA) is 72.9 Å². The first-order valence-electron chi connectivity index (χ1n) is 5.73. The Hall–Kier alpha value is -1.52. The molecule has 16 heavy (non-hydrogen) atoms. The summed E-state index contributed by atoms with van der Waals surface area (Å²) in [5, 5.41) is 6.96. The first-order chi connectivity index (χ1) is 7.63. The van der Waals surface area contributed by atoms with E-state index in [9.17, 15) is 4.79 Å². The third-order valence-corrected chi connectivity index (χ3v) is 3.18. The van der Waals surface area contributed by atoms with Gasteiger partial charge in [-0.2, -0.15) is 5.10 Å². The van der Waals surface area contributed by atoms with Crippen LogP contribution in [0, 0.1) is 11.8 Å². The zero-order valence-electron chi connectivity index (χ0n) is 9.73. The molecule has 1 aliphatic rings. The predicted octanol–water partition coefficient (Wildman–Crippen LogP) is 0.871. The summed E-state index contributed by atoms with van der Waals surface area (Å²) in [6, 6.07) is 0. The van der Waals surface area contributed by atoms with Crippen molar-refractivity contribution in [3.05, 3.63) is 11.9 Å². The molecule has 0 aliphatic heterocycles. The minimum Gasteiger partial charge on any atom is -0.396 e. The largest absolute Gasteiger partial charge is 0.396 e. The van der Waals surface area contributed by atoms with E-state index in [-0.39, 0.29) is 5.91 Å². The number of carbonyl (C=O) groups is 1. The van der Waals surface area contributed by atoms with Crippen molar-refractivity contribution in [2.24, 2.45) is 11.8 Å².